The fourth-order valence-corrected chi connectivity index (χ4v) is 12.4. The highest BCUT2D eigenvalue weighted by Gasteiger charge is 2.45. The van der Waals surface area contributed by atoms with Crippen molar-refractivity contribution in [1.82, 2.24) is 9.80 Å². The van der Waals surface area contributed by atoms with E-state index < -0.39 is 34.8 Å². The van der Waals surface area contributed by atoms with E-state index in [1.54, 1.807) is 48.7 Å². The van der Waals surface area contributed by atoms with Crippen LogP contribution in [-0.2, 0) is 30.4 Å². The molecule has 0 saturated carbocycles. The molecule has 260 valence electrons. The van der Waals surface area contributed by atoms with Crippen LogP contribution in [0, 0.1) is 17.9 Å². The van der Waals surface area contributed by atoms with Crippen molar-refractivity contribution in [3.63, 3.8) is 0 Å². The molecule has 16 heteroatoms. The first kappa shape index (κ1) is 33.9. The van der Waals surface area contributed by atoms with Crippen molar-refractivity contribution in [2.45, 2.75) is 52.7 Å². The van der Waals surface area contributed by atoms with Crippen LogP contribution in [0.4, 0.5) is 10.0 Å². The second-order valence-corrected chi connectivity index (χ2v) is 17.6. The Hall–Kier alpha value is -5.26. The molecule has 4 aliphatic heterocycles. The minimum Gasteiger partial charge on any atom is -0.481 e. The van der Waals surface area contributed by atoms with Gasteiger partial charge in [-0.25, -0.2) is 14.8 Å². The lowest BCUT2D eigenvalue weighted by Crippen LogP contribution is -2.44. The molecule has 52 heavy (non-hydrogen) atoms. The van der Waals surface area contributed by atoms with Crippen LogP contribution in [0.3, 0.4) is 0 Å². The van der Waals surface area contributed by atoms with Gasteiger partial charge in [-0.3, -0.25) is 29.0 Å². The fraction of sp³-hybridized carbons (Fsp3) is 0.278. The Kier molecular flexibility index (Phi) is 7.24. The number of nitriles is 1. The van der Waals surface area contributed by atoms with Crippen LogP contribution in [0.1, 0.15) is 52.7 Å². The largest absolute Gasteiger partial charge is 0.481 e. The summed E-state index contributed by atoms with van der Waals surface area (Å²) in [6.45, 7) is 18.7. The normalized spacial score (nSPS) is 20.5. The molecule has 0 spiro atoms. The topological polar surface area (TPSA) is 146 Å². The van der Waals surface area contributed by atoms with E-state index in [1.807, 2.05) is 33.8 Å². The number of fused-ring (bicyclic) bond motifs is 9. The Labute approximate surface area is 313 Å². The molecule has 0 radical (unpaired) electrons. The van der Waals surface area contributed by atoms with E-state index in [1.165, 1.54) is 36.8 Å². The van der Waals surface area contributed by atoms with Crippen molar-refractivity contribution >= 4 is 99.8 Å². The number of nitrogens with zero attached hydrogens (tertiary/aromatic N) is 6. The number of aliphatic imine (C=N–C) groups is 2. The number of amides is 4. The lowest BCUT2D eigenvalue weighted by Gasteiger charge is -2.31. The summed E-state index contributed by atoms with van der Waals surface area (Å²) in [4.78, 5) is 69.4. The predicted octanol–water partition coefficient (Wildman–Crippen LogP) is 7.85. The van der Waals surface area contributed by atoms with Gasteiger partial charge in [-0.15, -0.1) is 45.3 Å². The molecule has 8 heterocycles. The summed E-state index contributed by atoms with van der Waals surface area (Å²) < 4.78 is 15.4. The van der Waals surface area contributed by atoms with Gasteiger partial charge in [-0.2, -0.15) is 5.26 Å². The zero-order valence-electron chi connectivity index (χ0n) is 28.9. The lowest BCUT2D eigenvalue weighted by atomic mass is 9.92. The van der Waals surface area contributed by atoms with Gasteiger partial charge in [-0.1, -0.05) is 0 Å². The number of likely N-dealkylation sites (N-methyl/N-ethyl adjacent to an activating group) is 2. The molecule has 0 aliphatic carbocycles. The standard InChI is InChI=1S/C36H26N6O6S4/c1-13-15(12-37)31(43)41(8)33(45)23(13)39-18-10-16-25(49-18)27-20(35(3,4)47-16)29-30(51-27)21-28(52-29)26-17(48-36(21,5)6)11-19(50-26)40-24-14(2)22(38-7)32(44)42(9)34(24)46/h10-11H,1-6,8-9H3. The average Bonchev–Trinajstić information content (AvgIpc) is 3.84. The average molecular weight is 767 g/mol. The molecule has 4 amide bonds. The summed E-state index contributed by atoms with van der Waals surface area (Å²) >= 11 is 6.06. The van der Waals surface area contributed by atoms with Gasteiger partial charge in [0.25, 0.3) is 29.3 Å². The Morgan fingerprint density at radius 2 is 1.15 bits per heavy atom. The monoisotopic (exact) mass is 766 g/mol. The van der Waals surface area contributed by atoms with Gasteiger partial charge in [0.05, 0.1) is 35.5 Å². The molecule has 0 aromatic carbocycles. The first-order valence-electron chi connectivity index (χ1n) is 15.8. The maximum atomic E-state index is 13.1. The molecule has 0 N–H and O–H groups in total. The zero-order chi connectivity index (χ0) is 37.3. The molecule has 0 bridgehead atoms. The van der Waals surface area contributed by atoms with Gasteiger partial charge < -0.3 is 9.47 Å². The minimum absolute atomic E-state index is 0.0412. The molecule has 8 rings (SSSR count). The summed E-state index contributed by atoms with van der Waals surface area (Å²) in [6, 6.07) is 5.49. The molecule has 0 unspecified atom stereocenters. The third-order valence-electron chi connectivity index (χ3n) is 9.39. The Morgan fingerprint density at radius 3 is 1.60 bits per heavy atom. The van der Waals surface area contributed by atoms with E-state index >= 15 is 0 Å². The third-order valence-corrected chi connectivity index (χ3v) is 14.3. The molecule has 4 aromatic rings. The number of thiophene rings is 4. The van der Waals surface area contributed by atoms with E-state index in [2.05, 4.69) is 14.8 Å². The molecular weight excluding hydrogens is 741 g/mol. The Balaban J connectivity index is 1.25. The Morgan fingerprint density at radius 1 is 0.712 bits per heavy atom. The summed E-state index contributed by atoms with van der Waals surface area (Å²) in [5.41, 5.74) is 0.938. The van der Waals surface area contributed by atoms with Crippen LogP contribution in [0.5, 0.6) is 11.5 Å². The minimum atomic E-state index is -0.730. The SMILES string of the molecule is [C-]#[N+]C1=C(C)C(=Nc2cc3c(s2)-c2sc4c5c(sc4c2C(C)(C)O3)-c2sc(N=C3C(=O)N(C)C(=O)C(C#N)=C3C)cc2OC5(C)C)C(=O)N(C)C1=O. The van der Waals surface area contributed by atoms with E-state index in [9.17, 15) is 24.4 Å². The third kappa shape index (κ3) is 4.58. The molecule has 0 fully saturated rings. The first-order valence-corrected chi connectivity index (χ1v) is 19.0. The highest BCUT2D eigenvalue weighted by molar-refractivity contribution is 7.34. The Bertz CT molecular complexity index is 2460. The summed E-state index contributed by atoms with van der Waals surface area (Å²) in [7, 11) is 2.68. The van der Waals surface area contributed by atoms with Crippen molar-refractivity contribution in [1.29, 1.82) is 5.26 Å². The molecule has 0 atom stereocenters. The van der Waals surface area contributed by atoms with Crippen LogP contribution in [0.25, 0.3) is 33.8 Å². The van der Waals surface area contributed by atoms with E-state index in [0.29, 0.717) is 21.5 Å². The second kappa shape index (κ2) is 11.1. The van der Waals surface area contributed by atoms with E-state index in [-0.39, 0.29) is 33.8 Å². The smallest absolute Gasteiger partial charge is 0.279 e. The number of rotatable bonds is 2. The predicted molar refractivity (Wildman–Crippen MR) is 201 cm³/mol. The van der Waals surface area contributed by atoms with Crippen molar-refractivity contribution < 1.29 is 28.7 Å². The highest BCUT2D eigenvalue weighted by atomic mass is 32.1. The summed E-state index contributed by atoms with van der Waals surface area (Å²) in [5.74, 6) is -1.16. The van der Waals surface area contributed by atoms with Crippen LogP contribution in [0.2, 0.25) is 0 Å². The van der Waals surface area contributed by atoms with Gasteiger partial charge in [0.2, 0.25) is 0 Å². The van der Waals surface area contributed by atoms with Gasteiger partial charge >= 0.3 is 0 Å². The van der Waals surface area contributed by atoms with Crippen LogP contribution >= 0.6 is 45.3 Å². The van der Waals surface area contributed by atoms with Gasteiger partial charge in [0, 0.05) is 42.9 Å². The van der Waals surface area contributed by atoms with Crippen molar-refractivity contribution in [3.05, 3.63) is 57.1 Å². The van der Waals surface area contributed by atoms with E-state index in [4.69, 9.17) is 16.0 Å². The summed E-state index contributed by atoms with van der Waals surface area (Å²) in [5, 5.41) is 10.6. The van der Waals surface area contributed by atoms with Crippen LogP contribution in [0.15, 0.2) is 44.5 Å². The molecular formula is C36H26N6O6S4. The number of hydrogen-bond donors (Lipinski definition) is 0. The molecule has 0 saturated heterocycles. The second-order valence-electron chi connectivity index (χ2n) is 13.5. The fourth-order valence-electron chi connectivity index (χ4n) is 6.75. The quantitative estimate of drug-likeness (QED) is 0.149. The van der Waals surface area contributed by atoms with Crippen LogP contribution < -0.4 is 9.47 Å². The summed E-state index contributed by atoms with van der Waals surface area (Å²) in [6.07, 6.45) is 0. The number of hydrogen-bond acceptors (Lipinski definition) is 13. The molecule has 12 nitrogen and oxygen atoms in total. The van der Waals surface area contributed by atoms with Crippen molar-refractivity contribution in [2.75, 3.05) is 14.1 Å². The maximum Gasteiger partial charge on any atom is 0.279 e. The van der Waals surface area contributed by atoms with Gasteiger partial charge in [0.15, 0.2) is 0 Å². The molecule has 4 aliphatic rings. The lowest BCUT2D eigenvalue weighted by molar-refractivity contribution is -0.138. The van der Waals surface area contributed by atoms with Crippen molar-refractivity contribution in [3.8, 4) is 37.1 Å². The number of ether oxygens (including phenoxy) is 2. The van der Waals surface area contributed by atoms with E-state index in [0.717, 1.165) is 49.8 Å². The number of carbonyl (C=O) groups excluding carboxylic acids is 4. The molecule has 4 aromatic heterocycles. The van der Waals surface area contributed by atoms with Crippen molar-refractivity contribution in [2.24, 2.45) is 9.98 Å². The highest BCUT2D eigenvalue weighted by Crippen LogP contribution is 2.63. The maximum absolute atomic E-state index is 13.1. The number of carbonyl (C=O) groups is 4. The number of imide groups is 2. The van der Waals surface area contributed by atoms with Gasteiger partial charge in [0.1, 0.15) is 55.8 Å². The zero-order valence-corrected chi connectivity index (χ0v) is 32.2. The van der Waals surface area contributed by atoms with Crippen LogP contribution in [-0.4, -0.2) is 58.9 Å². The first-order chi connectivity index (χ1) is 24.5. The van der Waals surface area contributed by atoms with Gasteiger partial charge in [-0.05, 0) is 47.1 Å².